The van der Waals surface area contributed by atoms with Gasteiger partial charge in [-0.25, -0.2) is 9.37 Å². The van der Waals surface area contributed by atoms with E-state index in [1.807, 2.05) is 55.4 Å². The number of rotatable bonds is 6. The van der Waals surface area contributed by atoms with Gasteiger partial charge >= 0.3 is 0 Å². The number of pyridine rings is 2. The van der Waals surface area contributed by atoms with Crippen molar-refractivity contribution < 1.29 is 9.18 Å². The zero-order valence-corrected chi connectivity index (χ0v) is 17.4. The van der Waals surface area contributed by atoms with Crippen molar-refractivity contribution in [1.82, 2.24) is 20.2 Å². The van der Waals surface area contributed by atoms with Gasteiger partial charge in [-0.05, 0) is 56.1 Å². The molecule has 0 aliphatic rings. The smallest absolute Gasteiger partial charge is 0.252 e. The molecule has 31 heavy (non-hydrogen) atoms. The van der Waals surface area contributed by atoms with Crippen molar-refractivity contribution in [2.24, 2.45) is 0 Å². The van der Waals surface area contributed by atoms with E-state index in [2.05, 4.69) is 10.3 Å². The predicted molar refractivity (Wildman–Crippen MR) is 120 cm³/mol. The van der Waals surface area contributed by atoms with Crippen molar-refractivity contribution in [1.29, 1.82) is 0 Å². The van der Waals surface area contributed by atoms with Crippen LogP contribution in [-0.2, 0) is 0 Å². The van der Waals surface area contributed by atoms with Crippen LogP contribution in [0.3, 0.4) is 0 Å². The summed E-state index contributed by atoms with van der Waals surface area (Å²) in [6, 6.07) is 19.4. The first-order valence-electron chi connectivity index (χ1n) is 10.0. The van der Waals surface area contributed by atoms with Gasteiger partial charge in [-0.2, -0.15) is 0 Å². The fraction of sp³-hybridized carbons (Fsp3) is 0.160. The number of amides is 1. The fourth-order valence-corrected chi connectivity index (χ4v) is 3.59. The van der Waals surface area contributed by atoms with E-state index in [0.717, 1.165) is 22.0 Å². The lowest BCUT2D eigenvalue weighted by Gasteiger charge is -2.25. The number of likely N-dealkylation sites (N-methyl/N-ethyl adjacent to an activating group) is 1. The number of halogens is 1. The van der Waals surface area contributed by atoms with E-state index >= 15 is 0 Å². The number of nitrogens with zero attached hydrogens (tertiary/aromatic N) is 3. The first kappa shape index (κ1) is 20.6. The average Bonchev–Trinajstić information content (AvgIpc) is 2.80. The van der Waals surface area contributed by atoms with Gasteiger partial charge in [0.05, 0.1) is 22.8 Å². The Balaban J connectivity index is 1.64. The van der Waals surface area contributed by atoms with E-state index in [-0.39, 0.29) is 17.8 Å². The third-order valence-electron chi connectivity index (χ3n) is 5.25. The lowest BCUT2D eigenvalue weighted by molar-refractivity contribution is 0.0943. The summed E-state index contributed by atoms with van der Waals surface area (Å²) < 4.78 is 13.3. The van der Waals surface area contributed by atoms with Crippen LogP contribution >= 0.6 is 0 Å². The predicted octanol–water partition coefficient (Wildman–Crippen LogP) is 4.47. The standard InChI is InChI=1S/C25H23FN4O/c1-30(2)24(17-9-11-19(26)12-10-17)16-28-25(31)21-14-23(18-6-5-13-27-15-18)29-22-8-4-3-7-20(21)22/h3-15,24H,16H2,1-2H3,(H,28,31). The van der Waals surface area contributed by atoms with Gasteiger partial charge in [-0.1, -0.05) is 30.3 Å². The van der Waals surface area contributed by atoms with Gasteiger partial charge in [0.25, 0.3) is 5.91 Å². The molecule has 4 aromatic rings. The molecule has 2 aromatic carbocycles. The molecule has 6 heteroatoms. The van der Waals surface area contributed by atoms with Crippen molar-refractivity contribution in [3.8, 4) is 11.3 Å². The highest BCUT2D eigenvalue weighted by atomic mass is 19.1. The van der Waals surface area contributed by atoms with Crippen LogP contribution in [0.1, 0.15) is 22.0 Å². The van der Waals surface area contributed by atoms with Crippen LogP contribution in [0, 0.1) is 5.82 Å². The average molecular weight is 414 g/mol. The quantitative estimate of drug-likeness (QED) is 0.506. The summed E-state index contributed by atoms with van der Waals surface area (Å²) in [4.78, 5) is 24.1. The number of carbonyl (C=O) groups is 1. The number of nitrogens with one attached hydrogen (secondary N) is 1. The summed E-state index contributed by atoms with van der Waals surface area (Å²) in [7, 11) is 3.87. The van der Waals surface area contributed by atoms with Gasteiger partial charge in [-0.3, -0.25) is 9.78 Å². The van der Waals surface area contributed by atoms with E-state index in [1.54, 1.807) is 30.6 Å². The van der Waals surface area contributed by atoms with E-state index in [4.69, 9.17) is 4.98 Å². The maximum atomic E-state index is 13.3. The molecule has 0 aliphatic heterocycles. The molecule has 0 aliphatic carbocycles. The molecule has 2 heterocycles. The molecule has 1 atom stereocenters. The Bertz CT molecular complexity index is 1190. The second-order valence-electron chi connectivity index (χ2n) is 7.55. The number of benzene rings is 2. The molecule has 0 saturated carbocycles. The second-order valence-corrected chi connectivity index (χ2v) is 7.55. The summed E-state index contributed by atoms with van der Waals surface area (Å²) in [5.74, 6) is -0.464. The zero-order chi connectivity index (χ0) is 21.8. The summed E-state index contributed by atoms with van der Waals surface area (Å²) in [5, 5.41) is 3.83. The van der Waals surface area contributed by atoms with Crippen molar-refractivity contribution in [3.63, 3.8) is 0 Å². The Hall–Kier alpha value is -3.64. The van der Waals surface area contributed by atoms with E-state index < -0.39 is 0 Å². The Morgan fingerprint density at radius 2 is 1.84 bits per heavy atom. The van der Waals surface area contributed by atoms with Crippen LogP contribution in [0.25, 0.3) is 22.2 Å². The van der Waals surface area contributed by atoms with Crippen LogP contribution in [0.4, 0.5) is 4.39 Å². The number of para-hydroxylation sites is 1. The third-order valence-corrected chi connectivity index (χ3v) is 5.25. The molecular formula is C25H23FN4O. The Kier molecular flexibility index (Phi) is 6.00. The molecule has 2 aromatic heterocycles. The van der Waals surface area contributed by atoms with Gasteiger partial charge < -0.3 is 10.2 Å². The molecule has 1 N–H and O–H groups in total. The minimum absolute atomic E-state index is 0.0876. The van der Waals surface area contributed by atoms with E-state index in [1.165, 1.54) is 12.1 Å². The molecule has 0 bridgehead atoms. The minimum atomic E-state index is -0.281. The van der Waals surface area contributed by atoms with Crippen LogP contribution in [0.15, 0.2) is 79.1 Å². The molecule has 0 radical (unpaired) electrons. The fourth-order valence-electron chi connectivity index (χ4n) is 3.59. The molecule has 5 nitrogen and oxygen atoms in total. The molecule has 156 valence electrons. The Morgan fingerprint density at radius 3 is 2.55 bits per heavy atom. The summed E-state index contributed by atoms with van der Waals surface area (Å²) in [6.45, 7) is 0.385. The Labute approximate surface area is 180 Å². The third kappa shape index (κ3) is 4.59. The number of hydrogen-bond acceptors (Lipinski definition) is 4. The highest BCUT2D eigenvalue weighted by molar-refractivity contribution is 6.07. The maximum Gasteiger partial charge on any atom is 0.252 e. The highest BCUT2D eigenvalue weighted by Crippen LogP contribution is 2.25. The lowest BCUT2D eigenvalue weighted by atomic mass is 10.0. The topological polar surface area (TPSA) is 58.1 Å². The van der Waals surface area contributed by atoms with Crippen LogP contribution < -0.4 is 5.32 Å². The molecule has 0 fully saturated rings. The van der Waals surface area contributed by atoms with Gasteiger partial charge in [0.1, 0.15) is 5.82 Å². The van der Waals surface area contributed by atoms with E-state index in [9.17, 15) is 9.18 Å². The molecule has 1 amide bonds. The lowest BCUT2D eigenvalue weighted by Crippen LogP contribution is -2.34. The Morgan fingerprint density at radius 1 is 1.06 bits per heavy atom. The molecule has 1 unspecified atom stereocenters. The molecular weight excluding hydrogens is 391 g/mol. The van der Waals surface area contributed by atoms with Crippen LogP contribution in [-0.4, -0.2) is 41.4 Å². The van der Waals surface area contributed by atoms with Gasteiger partial charge in [0.15, 0.2) is 0 Å². The number of aromatic nitrogens is 2. The normalized spacial score (nSPS) is 12.1. The molecule has 0 spiro atoms. The van der Waals surface area contributed by atoms with Gasteiger partial charge in [0, 0.05) is 29.9 Å². The second kappa shape index (κ2) is 9.02. The monoisotopic (exact) mass is 414 g/mol. The highest BCUT2D eigenvalue weighted by Gasteiger charge is 2.18. The maximum absolute atomic E-state index is 13.3. The number of hydrogen-bond donors (Lipinski definition) is 1. The summed E-state index contributed by atoms with van der Waals surface area (Å²) in [6.07, 6.45) is 3.43. The van der Waals surface area contributed by atoms with Crippen molar-refractivity contribution in [2.75, 3.05) is 20.6 Å². The van der Waals surface area contributed by atoms with Crippen molar-refractivity contribution in [3.05, 3.63) is 96.1 Å². The van der Waals surface area contributed by atoms with Crippen LogP contribution in [0.5, 0.6) is 0 Å². The summed E-state index contributed by atoms with van der Waals surface area (Å²) in [5.41, 5.74) is 3.78. The first-order chi connectivity index (χ1) is 15.0. The minimum Gasteiger partial charge on any atom is -0.350 e. The van der Waals surface area contributed by atoms with Crippen molar-refractivity contribution in [2.45, 2.75) is 6.04 Å². The SMILES string of the molecule is CN(C)C(CNC(=O)c1cc(-c2cccnc2)nc2ccccc12)c1ccc(F)cc1. The number of carbonyl (C=O) groups excluding carboxylic acids is 1. The van der Waals surface area contributed by atoms with Crippen molar-refractivity contribution >= 4 is 16.8 Å². The van der Waals surface area contributed by atoms with Gasteiger partial charge in [-0.15, -0.1) is 0 Å². The zero-order valence-electron chi connectivity index (χ0n) is 17.4. The molecule has 0 saturated heterocycles. The van der Waals surface area contributed by atoms with Crippen LogP contribution in [0.2, 0.25) is 0 Å². The largest absolute Gasteiger partial charge is 0.350 e. The number of fused-ring (bicyclic) bond motifs is 1. The summed E-state index contributed by atoms with van der Waals surface area (Å²) >= 11 is 0. The van der Waals surface area contributed by atoms with E-state index in [0.29, 0.717) is 17.8 Å². The van der Waals surface area contributed by atoms with Gasteiger partial charge in [0.2, 0.25) is 0 Å². The molecule has 4 rings (SSSR count). The first-order valence-corrected chi connectivity index (χ1v) is 10.0.